The van der Waals surface area contributed by atoms with Crippen molar-refractivity contribution < 1.29 is 38.1 Å². The van der Waals surface area contributed by atoms with Crippen molar-refractivity contribution in [2.24, 2.45) is 0 Å². The van der Waals surface area contributed by atoms with Crippen molar-refractivity contribution in [2.75, 3.05) is 13.9 Å². The molecule has 0 unspecified atom stereocenters. The molecule has 1 aromatic heterocycles. The van der Waals surface area contributed by atoms with Crippen molar-refractivity contribution in [3.8, 4) is 17.2 Å². The fraction of sp³-hybridized carbons (Fsp3) is 0.250. The van der Waals surface area contributed by atoms with Crippen LogP contribution < -0.4 is 19.5 Å². The Morgan fingerprint density at radius 1 is 0.905 bits per heavy atom. The van der Waals surface area contributed by atoms with Gasteiger partial charge in [0.15, 0.2) is 23.3 Å². The summed E-state index contributed by atoms with van der Waals surface area (Å²) < 4.78 is 27.6. The molecule has 1 amide bonds. The third-order valence-electron chi connectivity index (χ3n) is 6.31. The number of pyridine rings is 1. The van der Waals surface area contributed by atoms with E-state index in [4.69, 9.17) is 23.7 Å². The number of methoxy groups -OCH3 is 1. The van der Waals surface area contributed by atoms with Gasteiger partial charge >= 0.3 is 11.9 Å². The molecule has 3 atom stereocenters. The average molecular weight is 573 g/mol. The highest BCUT2D eigenvalue weighted by molar-refractivity contribution is 5.98. The van der Waals surface area contributed by atoms with Gasteiger partial charge in [0.2, 0.25) is 6.79 Å². The largest absolute Gasteiger partial charge is 0.493 e. The summed E-state index contributed by atoms with van der Waals surface area (Å²) in [6.45, 7) is 4.00. The van der Waals surface area contributed by atoms with Gasteiger partial charge in [0, 0.05) is 19.2 Å². The zero-order valence-electron chi connectivity index (χ0n) is 23.7. The van der Waals surface area contributed by atoms with Gasteiger partial charge in [0.05, 0.1) is 7.11 Å². The summed E-state index contributed by atoms with van der Waals surface area (Å²) in [4.78, 5) is 41.4. The van der Waals surface area contributed by atoms with Crippen LogP contribution in [0, 0.1) is 0 Å². The summed E-state index contributed by atoms with van der Waals surface area (Å²) in [5.74, 6) is -1.18. The molecular weight excluding hydrogens is 540 g/mol. The number of nitrogens with zero attached hydrogens (tertiary/aromatic N) is 1. The van der Waals surface area contributed by atoms with Crippen molar-refractivity contribution in [1.29, 1.82) is 0 Å². The first kappa shape index (κ1) is 29.9. The van der Waals surface area contributed by atoms with E-state index in [1.54, 1.807) is 6.92 Å². The molecule has 4 rings (SSSR count). The average Bonchev–Trinajstić information content (AvgIpc) is 2.99. The zero-order chi connectivity index (χ0) is 30.1. The number of esters is 2. The van der Waals surface area contributed by atoms with E-state index in [1.807, 2.05) is 72.8 Å². The SMILES string of the molecule is COc1ccnc(C(=O)N[C@@H](C)C(=O)O[C@@H](C)[C@H](Oc2ccccc2)c2ccc3ccccc3c2)c1OCOC(C)=O. The van der Waals surface area contributed by atoms with Gasteiger partial charge in [-0.15, -0.1) is 0 Å². The summed E-state index contributed by atoms with van der Waals surface area (Å²) >= 11 is 0. The lowest BCUT2D eigenvalue weighted by Crippen LogP contribution is -2.42. The predicted molar refractivity (Wildman–Crippen MR) is 154 cm³/mol. The number of nitrogens with one attached hydrogen (secondary N) is 1. The lowest BCUT2D eigenvalue weighted by atomic mass is 10.0. The van der Waals surface area contributed by atoms with E-state index >= 15 is 0 Å². The van der Waals surface area contributed by atoms with E-state index in [9.17, 15) is 14.4 Å². The lowest BCUT2D eigenvalue weighted by molar-refractivity contribution is -0.155. The van der Waals surface area contributed by atoms with E-state index in [2.05, 4.69) is 10.3 Å². The summed E-state index contributed by atoms with van der Waals surface area (Å²) in [6, 6.07) is 23.6. The molecule has 0 radical (unpaired) electrons. The maximum atomic E-state index is 13.1. The number of fused-ring (bicyclic) bond motifs is 1. The second kappa shape index (κ2) is 14.0. The topological polar surface area (TPSA) is 122 Å². The summed E-state index contributed by atoms with van der Waals surface area (Å²) in [6.07, 6.45) is -0.00646. The standard InChI is InChI=1S/C32H32N2O8/c1-20(34-31(36)28-30(40-19-39-22(3)35)27(38-4)16-17-33-28)32(37)41-21(2)29(42-26-12-6-5-7-13-26)25-15-14-23-10-8-9-11-24(23)18-25/h5-18,20-21,29H,19H2,1-4H3,(H,34,36)/t20-,21-,29-/m0/s1. The molecule has 0 bridgehead atoms. The molecule has 0 fully saturated rings. The van der Waals surface area contributed by atoms with Gasteiger partial charge in [-0.25, -0.2) is 9.78 Å². The molecule has 1 N–H and O–H groups in total. The third-order valence-corrected chi connectivity index (χ3v) is 6.31. The minimum atomic E-state index is -1.05. The van der Waals surface area contributed by atoms with Gasteiger partial charge in [0.1, 0.15) is 17.9 Å². The predicted octanol–water partition coefficient (Wildman–Crippen LogP) is 5.01. The van der Waals surface area contributed by atoms with E-state index in [0.29, 0.717) is 5.75 Å². The first-order valence-corrected chi connectivity index (χ1v) is 13.3. The smallest absolute Gasteiger partial charge is 0.328 e. The van der Waals surface area contributed by atoms with Gasteiger partial charge in [-0.2, -0.15) is 0 Å². The third kappa shape index (κ3) is 7.54. The lowest BCUT2D eigenvalue weighted by Gasteiger charge is -2.27. The van der Waals surface area contributed by atoms with E-state index in [0.717, 1.165) is 16.3 Å². The molecule has 0 aliphatic rings. The molecule has 10 nitrogen and oxygen atoms in total. The second-order valence-corrected chi connectivity index (χ2v) is 9.38. The molecule has 0 aliphatic heterocycles. The van der Waals surface area contributed by atoms with Gasteiger partial charge in [-0.1, -0.05) is 54.6 Å². The van der Waals surface area contributed by atoms with Crippen LogP contribution in [0.4, 0.5) is 0 Å². The number of amides is 1. The number of para-hydroxylation sites is 1. The number of aromatic nitrogens is 1. The first-order valence-electron chi connectivity index (χ1n) is 13.3. The minimum absolute atomic E-state index is 0.0414. The zero-order valence-corrected chi connectivity index (χ0v) is 23.7. The van der Waals surface area contributed by atoms with Crippen molar-refractivity contribution in [1.82, 2.24) is 10.3 Å². The molecule has 0 saturated carbocycles. The molecule has 0 saturated heterocycles. The Balaban J connectivity index is 1.49. The summed E-state index contributed by atoms with van der Waals surface area (Å²) in [5, 5.41) is 4.68. The van der Waals surface area contributed by atoms with Crippen LogP contribution in [0.3, 0.4) is 0 Å². The molecule has 4 aromatic rings. The van der Waals surface area contributed by atoms with Crippen LogP contribution in [0.5, 0.6) is 17.2 Å². The summed E-state index contributed by atoms with van der Waals surface area (Å²) in [7, 11) is 1.39. The Morgan fingerprint density at radius 3 is 2.33 bits per heavy atom. The Kier molecular flexibility index (Phi) is 9.94. The maximum absolute atomic E-state index is 13.1. The van der Waals surface area contributed by atoms with E-state index in [-0.39, 0.29) is 17.2 Å². The van der Waals surface area contributed by atoms with E-state index < -0.39 is 42.9 Å². The molecule has 10 heteroatoms. The number of hydrogen-bond acceptors (Lipinski definition) is 9. The normalized spacial score (nSPS) is 12.9. The quantitative estimate of drug-likeness (QED) is 0.184. The molecule has 0 spiro atoms. The Bertz CT molecular complexity index is 1540. The van der Waals surface area contributed by atoms with Crippen molar-refractivity contribution in [2.45, 2.75) is 39.0 Å². The van der Waals surface area contributed by atoms with Crippen LogP contribution in [0.25, 0.3) is 10.8 Å². The van der Waals surface area contributed by atoms with Crippen molar-refractivity contribution in [3.63, 3.8) is 0 Å². The number of carbonyl (C=O) groups is 3. The molecule has 3 aromatic carbocycles. The maximum Gasteiger partial charge on any atom is 0.328 e. The van der Waals surface area contributed by atoms with Crippen LogP contribution >= 0.6 is 0 Å². The number of hydrogen-bond donors (Lipinski definition) is 1. The molecule has 42 heavy (non-hydrogen) atoms. The van der Waals surface area contributed by atoms with Gasteiger partial charge in [-0.3, -0.25) is 9.59 Å². The van der Waals surface area contributed by atoms with E-state index in [1.165, 1.54) is 33.2 Å². The Hall–Kier alpha value is -5.12. The monoisotopic (exact) mass is 572 g/mol. The van der Waals surface area contributed by atoms with Gasteiger partial charge < -0.3 is 29.0 Å². The second-order valence-electron chi connectivity index (χ2n) is 9.38. The molecule has 1 heterocycles. The minimum Gasteiger partial charge on any atom is -0.493 e. The van der Waals surface area contributed by atoms with Crippen LogP contribution in [0.15, 0.2) is 85.1 Å². The Labute approximate surface area is 243 Å². The number of rotatable bonds is 12. The van der Waals surface area contributed by atoms with Crippen LogP contribution in [-0.2, 0) is 19.1 Å². The highest BCUT2D eigenvalue weighted by Crippen LogP contribution is 2.31. The first-order chi connectivity index (χ1) is 20.3. The van der Waals surface area contributed by atoms with Crippen molar-refractivity contribution in [3.05, 3.63) is 96.3 Å². The number of carbonyl (C=O) groups excluding carboxylic acids is 3. The highest BCUT2D eigenvalue weighted by Gasteiger charge is 2.29. The van der Waals surface area contributed by atoms with Gasteiger partial charge in [0.25, 0.3) is 5.91 Å². The number of benzene rings is 3. The Morgan fingerprint density at radius 2 is 1.62 bits per heavy atom. The fourth-order valence-corrected chi connectivity index (χ4v) is 4.20. The molecular formula is C32H32N2O8. The van der Waals surface area contributed by atoms with Gasteiger partial charge in [-0.05, 0) is 48.4 Å². The van der Waals surface area contributed by atoms with Crippen LogP contribution in [0.2, 0.25) is 0 Å². The fourth-order valence-electron chi connectivity index (χ4n) is 4.20. The summed E-state index contributed by atoms with van der Waals surface area (Å²) in [5.41, 5.74) is 0.667. The van der Waals surface area contributed by atoms with Crippen molar-refractivity contribution >= 4 is 28.6 Å². The van der Waals surface area contributed by atoms with Crippen LogP contribution in [0.1, 0.15) is 42.9 Å². The molecule has 0 aliphatic carbocycles. The highest BCUT2D eigenvalue weighted by atomic mass is 16.7. The molecule has 218 valence electrons. The van der Waals surface area contributed by atoms with Crippen LogP contribution in [-0.4, -0.2) is 48.9 Å². The number of ether oxygens (including phenoxy) is 5.